The van der Waals surface area contributed by atoms with Gasteiger partial charge in [-0.3, -0.25) is 4.90 Å². The summed E-state index contributed by atoms with van der Waals surface area (Å²) in [4.78, 5) is 2.66. The highest BCUT2D eigenvalue weighted by atomic mass is 32.2. The van der Waals surface area contributed by atoms with Gasteiger partial charge in [-0.2, -0.15) is 11.8 Å². The third-order valence-electron chi connectivity index (χ3n) is 4.18. The number of hydrogen-bond donors (Lipinski definition) is 1. The standard InChI is InChI=1S/C17H28N2S/c1-4-18-17(16-8-6-5-7-9-16)14(2)12-19-10-11-20-13-15(19)3/h5-9,14-15,17-18H,4,10-13H2,1-3H3. The Morgan fingerprint density at radius 3 is 2.75 bits per heavy atom. The van der Waals surface area contributed by atoms with Gasteiger partial charge >= 0.3 is 0 Å². The van der Waals surface area contributed by atoms with Crippen LogP contribution in [0.4, 0.5) is 0 Å². The fourth-order valence-corrected chi connectivity index (χ4v) is 4.12. The third kappa shape index (κ3) is 4.24. The summed E-state index contributed by atoms with van der Waals surface area (Å²) in [6, 6.07) is 12.1. The predicted molar refractivity (Wildman–Crippen MR) is 90.4 cm³/mol. The Kier molecular flexibility index (Phi) is 6.40. The highest BCUT2D eigenvalue weighted by Gasteiger charge is 2.25. The van der Waals surface area contributed by atoms with Crippen molar-refractivity contribution in [3.05, 3.63) is 35.9 Å². The van der Waals surface area contributed by atoms with Crippen molar-refractivity contribution in [2.75, 3.05) is 31.1 Å². The summed E-state index contributed by atoms with van der Waals surface area (Å²) in [6.07, 6.45) is 0. The van der Waals surface area contributed by atoms with Crippen LogP contribution >= 0.6 is 11.8 Å². The van der Waals surface area contributed by atoms with Gasteiger partial charge in [0.05, 0.1) is 0 Å². The minimum atomic E-state index is 0.461. The van der Waals surface area contributed by atoms with Crippen molar-refractivity contribution in [1.82, 2.24) is 10.2 Å². The van der Waals surface area contributed by atoms with Gasteiger partial charge in [0.15, 0.2) is 0 Å². The Labute approximate surface area is 128 Å². The quantitative estimate of drug-likeness (QED) is 0.865. The highest BCUT2D eigenvalue weighted by Crippen LogP contribution is 2.25. The molecule has 1 aliphatic rings. The smallest absolute Gasteiger partial charge is 0.0358 e. The predicted octanol–water partition coefficient (Wildman–Crippen LogP) is 3.41. The second-order valence-electron chi connectivity index (χ2n) is 5.84. The van der Waals surface area contributed by atoms with Crippen LogP contribution in [0.15, 0.2) is 30.3 Å². The SMILES string of the molecule is CCNC(c1ccccc1)C(C)CN1CCSCC1C. The van der Waals surface area contributed by atoms with Crippen LogP contribution in [0.1, 0.15) is 32.4 Å². The molecule has 1 fully saturated rings. The number of nitrogens with zero attached hydrogens (tertiary/aromatic N) is 1. The van der Waals surface area contributed by atoms with Gasteiger partial charge in [0.2, 0.25) is 0 Å². The molecule has 1 heterocycles. The first-order chi connectivity index (χ1) is 9.72. The zero-order valence-corrected chi connectivity index (χ0v) is 13.8. The van der Waals surface area contributed by atoms with E-state index in [-0.39, 0.29) is 0 Å². The van der Waals surface area contributed by atoms with E-state index in [2.05, 4.69) is 73.1 Å². The van der Waals surface area contributed by atoms with E-state index in [9.17, 15) is 0 Å². The second-order valence-corrected chi connectivity index (χ2v) is 6.99. The molecular weight excluding hydrogens is 264 g/mol. The number of nitrogens with one attached hydrogen (secondary N) is 1. The average molecular weight is 292 g/mol. The summed E-state index contributed by atoms with van der Waals surface area (Å²) in [6.45, 7) is 10.4. The van der Waals surface area contributed by atoms with Crippen molar-refractivity contribution >= 4 is 11.8 Å². The van der Waals surface area contributed by atoms with Crippen LogP contribution in [0.2, 0.25) is 0 Å². The second kappa shape index (κ2) is 8.06. The Hall–Kier alpha value is -0.510. The van der Waals surface area contributed by atoms with Gasteiger partial charge in [-0.15, -0.1) is 0 Å². The van der Waals surface area contributed by atoms with Gasteiger partial charge in [-0.25, -0.2) is 0 Å². The Bertz CT molecular complexity index is 382. The molecule has 0 spiro atoms. The van der Waals surface area contributed by atoms with Crippen molar-refractivity contribution in [2.45, 2.75) is 32.9 Å². The molecule has 0 bridgehead atoms. The molecule has 0 amide bonds. The minimum absolute atomic E-state index is 0.461. The van der Waals surface area contributed by atoms with Crippen molar-refractivity contribution in [3.63, 3.8) is 0 Å². The van der Waals surface area contributed by atoms with Crippen molar-refractivity contribution in [2.24, 2.45) is 5.92 Å². The fraction of sp³-hybridized carbons (Fsp3) is 0.647. The van der Waals surface area contributed by atoms with Crippen LogP contribution in [0.5, 0.6) is 0 Å². The topological polar surface area (TPSA) is 15.3 Å². The van der Waals surface area contributed by atoms with E-state index in [0.29, 0.717) is 18.0 Å². The van der Waals surface area contributed by atoms with E-state index >= 15 is 0 Å². The molecule has 1 aromatic rings. The first-order valence-corrected chi connectivity index (χ1v) is 8.98. The van der Waals surface area contributed by atoms with Crippen molar-refractivity contribution < 1.29 is 0 Å². The molecule has 1 aliphatic heterocycles. The summed E-state index contributed by atoms with van der Waals surface area (Å²) in [7, 11) is 0. The van der Waals surface area contributed by atoms with Crippen LogP contribution in [-0.4, -0.2) is 42.1 Å². The molecular formula is C17H28N2S. The van der Waals surface area contributed by atoms with Crippen LogP contribution < -0.4 is 5.32 Å². The maximum atomic E-state index is 3.67. The van der Waals surface area contributed by atoms with Gasteiger partial charge in [-0.05, 0) is 24.9 Å². The average Bonchev–Trinajstić information content (AvgIpc) is 2.48. The summed E-state index contributed by atoms with van der Waals surface area (Å²) < 4.78 is 0. The molecule has 1 aromatic carbocycles. The Morgan fingerprint density at radius 2 is 2.10 bits per heavy atom. The maximum Gasteiger partial charge on any atom is 0.0358 e. The number of hydrogen-bond acceptors (Lipinski definition) is 3. The van der Waals surface area contributed by atoms with Gasteiger partial charge in [0.1, 0.15) is 0 Å². The summed E-state index contributed by atoms with van der Waals surface area (Å²) in [5.41, 5.74) is 1.42. The molecule has 3 atom stereocenters. The lowest BCUT2D eigenvalue weighted by atomic mass is 9.93. The lowest BCUT2D eigenvalue weighted by Crippen LogP contribution is -2.44. The fourth-order valence-electron chi connectivity index (χ4n) is 3.04. The monoisotopic (exact) mass is 292 g/mol. The van der Waals surface area contributed by atoms with E-state index in [1.807, 2.05) is 0 Å². The van der Waals surface area contributed by atoms with Gasteiger partial charge < -0.3 is 5.32 Å². The molecule has 0 aliphatic carbocycles. The third-order valence-corrected chi connectivity index (χ3v) is 5.37. The molecule has 0 radical (unpaired) electrons. The summed E-state index contributed by atoms with van der Waals surface area (Å²) in [5, 5.41) is 3.67. The van der Waals surface area contributed by atoms with E-state index in [1.165, 1.54) is 30.2 Å². The van der Waals surface area contributed by atoms with Crippen molar-refractivity contribution in [3.8, 4) is 0 Å². The number of rotatable bonds is 6. The Morgan fingerprint density at radius 1 is 1.35 bits per heavy atom. The number of thioether (sulfide) groups is 1. The summed E-state index contributed by atoms with van der Waals surface area (Å²) >= 11 is 2.09. The molecule has 1 saturated heterocycles. The lowest BCUT2D eigenvalue weighted by molar-refractivity contribution is 0.181. The summed E-state index contributed by atoms with van der Waals surface area (Å²) in [5.74, 6) is 3.20. The molecule has 20 heavy (non-hydrogen) atoms. The number of benzene rings is 1. The minimum Gasteiger partial charge on any atom is -0.310 e. The van der Waals surface area contributed by atoms with Gasteiger partial charge in [0.25, 0.3) is 0 Å². The van der Waals surface area contributed by atoms with E-state index in [4.69, 9.17) is 0 Å². The molecule has 1 N–H and O–H groups in total. The maximum absolute atomic E-state index is 3.67. The van der Waals surface area contributed by atoms with Crippen LogP contribution in [0.25, 0.3) is 0 Å². The lowest BCUT2D eigenvalue weighted by Gasteiger charge is -2.37. The highest BCUT2D eigenvalue weighted by molar-refractivity contribution is 7.99. The van der Waals surface area contributed by atoms with E-state index in [1.54, 1.807) is 0 Å². The van der Waals surface area contributed by atoms with Gasteiger partial charge in [-0.1, -0.05) is 44.2 Å². The first-order valence-electron chi connectivity index (χ1n) is 7.82. The molecule has 3 heteroatoms. The first kappa shape index (κ1) is 15.9. The van der Waals surface area contributed by atoms with Crippen LogP contribution in [0.3, 0.4) is 0 Å². The molecule has 112 valence electrons. The molecule has 3 unspecified atom stereocenters. The van der Waals surface area contributed by atoms with Crippen LogP contribution in [0, 0.1) is 5.92 Å². The van der Waals surface area contributed by atoms with Gasteiger partial charge in [0, 0.05) is 36.7 Å². The largest absolute Gasteiger partial charge is 0.310 e. The van der Waals surface area contributed by atoms with E-state index < -0.39 is 0 Å². The van der Waals surface area contributed by atoms with Crippen molar-refractivity contribution in [1.29, 1.82) is 0 Å². The molecule has 0 saturated carbocycles. The van der Waals surface area contributed by atoms with E-state index in [0.717, 1.165) is 6.54 Å². The van der Waals surface area contributed by atoms with Crippen LogP contribution in [-0.2, 0) is 0 Å². The molecule has 2 nitrogen and oxygen atoms in total. The zero-order valence-electron chi connectivity index (χ0n) is 13.0. The molecule has 2 rings (SSSR count). The normalized spacial score (nSPS) is 23.4. The zero-order chi connectivity index (χ0) is 14.4. The Balaban J connectivity index is 2.01. The molecule has 0 aromatic heterocycles.